The molecule has 20 heavy (non-hydrogen) atoms. The topological polar surface area (TPSA) is 32.3 Å². The van der Waals surface area contributed by atoms with Gasteiger partial charge < -0.3 is 0 Å². The zero-order chi connectivity index (χ0) is 13.9. The largest absolute Gasteiger partial charge is 0.298 e. The lowest BCUT2D eigenvalue weighted by Gasteiger charge is -2.15. The summed E-state index contributed by atoms with van der Waals surface area (Å²) in [5.74, 6) is 0.151. The van der Waals surface area contributed by atoms with E-state index in [2.05, 4.69) is 17.4 Å². The van der Waals surface area contributed by atoms with Crippen LogP contribution in [0.3, 0.4) is 0 Å². The first-order chi connectivity index (χ1) is 9.74. The summed E-state index contributed by atoms with van der Waals surface area (Å²) in [6.45, 7) is 2.63. The third-order valence-electron chi connectivity index (χ3n) is 3.69. The maximum atomic E-state index is 12.5. The molecule has 1 aliphatic rings. The Bertz CT molecular complexity index is 592. The highest BCUT2D eigenvalue weighted by Crippen LogP contribution is 2.20. The molecule has 1 aliphatic heterocycles. The molecule has 3 nitrogen and oxygen atoms in total. The number of amides is 1. The van der Waals surface area contributed by atoms with E-state index in [-0.39, 0.29) is 11.9 Å². The molecule has 3 heteroatoms. The minimum Gasteiger partial charge on any atom is -0.298 e. The van der Waals surface area contributed by atoms with Crippen LogP contribution in [0.15, 0.2) is 54.6 Å². The van der Waals surface area contributed by atoms with Gasteiger partial charge in [0.1, 0.15) is 0 Å². The number of hydrogen-bond acceptors (Lipinski definition) is 2. The van der Waals surface area contributed by atoms with E-state index < -0.39 is 0 Å². The lowest BCUT2D eigenvalue weighted by molar-refractivity contribution is -0.118. The van der Waals surface area contributed by atoms with Crippen molar-refractivity contribution in [3.05, 3.63) is 65.7 Å². The van der Waals surface area contributed by atoms with Crippen LogP contribution in [0.4, 0.5) is 5.69 Å². The van der Waals surface area contributed by atoms with E-state index in [1.54, 1.807) is 0 Å². The quantitative estimate of drug-likeness (QED) is 0.925. The number of nitrogens with one attached hydrogen (secondary N) is 1. The monoisotopic (exact) mass is 266 g/mol. The van der Waals surface area contributed by atoms with Gasteiger partial charge in [-0.1, -0.05) is 48.0 Å². The van der Waals surface area contributed by atoms with Crippen LogP contribution in [0.25, 0.3) is 0 Å². The van der Waals surface area contributed by atoms with Gasteiger partial charge in [0.15, 0.2) is 0 Å². The first kappa shape index (κ1) is 12.9. The van der Waals surface area contributed by atoms with Gasteiger partial charge in [-0.3, -0.25) is 15.0 Å². The van der Waals surface area contributed by atoms with E-state index in [1.165, 1.54) is 11.1 Å². The minimum atomic E-state index is -0.126. The number of hydrogen-bond donors (Lipinski definition) is 1. The number of carbonyl (C=O) groups excluding carboxylic acids is 1. The molecule has 0 aliphatic carbocycles. The fourth-order valence-corrected chi connectivity index (χ4v) is 2.51. The maximum Gasteiger partial charge on any atom is 0.245 e. The molecule has 1 atom stereocenters. The second-order valence-electron chi connectivity index (χ2n) is 5.21. The molecule has 1 unspecified atom stereocenters. The van der Waals surface area contributed by atoms with Crippen molar-refractivity contribution in [2.45, 2.75) is 19.4 Å². The molecule has 1 amide bonds. The van der Waals surface area contributed by atoms with Crippen molar-refractivity contribution in [1.29, 1.82) is 0 Å². The summed E-state index contributed by atoms with van der Waals surface area (Å²) in [5, 5.41) is 3.29. The Balaban J connectivity index is 1.72. The summed E-state index contributed by atoms with van der Waals surface area (Å²) < 4.78 is 0. The lowest BCUT2D eigenvalue weighted by Crippen LogP contribution is -2.32. The van der Waals surface area contributed by atoms with E-state index >= 15 is 0 Å². The molecule has 1 heterocycles. The number of anilines is 1. The Morgan fingerprint density at radius 2 is 1.80 bits per heavy atom. The Morgan fingerprint density at radius 1 is 1.10 bits per heavy atom. The van der Waals surface area contributed by atoms with Gasteiger partial charge in [-0.2, -0.15) is 0 Å². The number of rotatable bonds is 3. The van der Waals surface area contributed by atoms with Crippen LogP contribution in [0.5, 0.6) is 0 Å². The van der Waals surface area contributed by atoms with E-state index in [9.17, 15) is 4.79 Å². The molecule has 0 spiro atoms. The van der Waals surface area contributed by atoms with Gasteiger partial charge in [0.05, 0.1) is 12.7 Å². The summed E-state index contributed by atoms with van der Waals surface area (Å²) in [6.07, 6.45) is 0.738. The van der Waals surface area contributed by atoms with Gasteiger partial charge in [-0.15, -0.1) is 0 Å². The molecule has 2 aromatic rings. The van der Waals surface area contributed by atoms with Crippen LogP contribution < -0.4 is 10.2 Å². The van der Waals surface area contributed by atoms with E-state index in [0.717, 1.165) is 12.1 Å². The standard InChI is InChI=1S/C17H18N2O/c1-13-7-9-15(10-8-13)19-12-18-16(17(19)20)11-14-5-3-2-4-6-14/h2-10,16,18H,11-12H2,1H3. The Morgan fingerprint density at radius 3 is 2.50 bits per heavy atom. The van der Waals surface area contributed by atoms with Crippen molar-refractivity contribution < 1.29 is 4.79 Å². The number of benzene rings is 2. The van der Waals surface area contributed by atoms with Gasteiger partial charge in [0.25, 0.3) is 0 Å². The summed E-state index contributed by atoms with van der Waals surface area (Å²) >= 11 is 0. The molecule has 1 saturated heterocycles. The zero-order valence-corrected chi connectivity index (χ0v) is 11.5. The van der Waals surface area contributed by atoms with E-state index in [4.69, 9.17) is 0 Å². The molecule has 0 radical (unpaired) electrons. The highest BCUT2D eigenvalue weighted by Gasteiger charge is 2.31. The smallest absolute Gasteiger partial charge is 0.245 e. The Hall–Kier alpha value is -2.13. The summed E-state index contributed by atoms with van der Waals surface area (Å²) in [6, 6.07) is 18.1. The average Bonchev–Trinajstić information content (AvgIpc) is 2.83. The van der Waals surface area contributed by atoms with Crippen molar-refractivity contribution in [2.75, 3.05) is 11.6 Å². The van der Waals surface area contributed by atoms with Gasteiger partial charge in [-0.05, 0) is 31.0 Å². The lowest BCUT2D eigenvalue weighted by atomic mass is 10.1. The third-order valence-corrected chi connectivity index (χ3v) is 3.69. The van der Waals surface area contributed by atoms with Gasteiger partial charge in [-0.25, -0.2) is 0 Å². The van der Waals surface area contributed by atoms with Crippen molar-refractivity contribution >= 4 is 11.6 Å². The van der Waals surface area contributed by atoms with Crippen LogP contribution in [0.1, 0.15) is 11.1 Å². The first-order valence-corrected chi connectivity index (χ1v) is 6.89. The molecular weight excluding hydrogens is 248 g/mol. The normalized spacial score (nSPS) is 18.6. The predicted molar refractivity (Wildman–Crippen MR) is 80.6 cm³/mol. The minimum absolute atomic E-state index is 0.126. The van der Waals surface area contributed by atoms with Gasteiger partial charge >= 0.3 is 0 Å². The highest BCUT2D eigenvalue weighted by atomic mass is 16.2. The van der Waals surface area contributed by atoms with E-state index in [1.807, 2.05) is 54.3 Å². The fourth-order valence-electron chi connectivity index (χ4n) is 2.51. The van der Waals surface area contributed by atoms with Gasteiger partial charge in [0, 0.05) is 5.69 Å². The zero-order valence-electron chi connectivity index (χ0n) is 11.5. The van der Waals surface area contributed by atoms with Crippen LogP contribution in [-0.2, 0) is 11.2 Å². The second kappa shape index (κ2) is 5.47. The molecule has 102 valence electrons. The van der Waals surface area contributed by atoms with Crippen LogP contribution >= 0.6 is 0 Å². The van der Waals surface area contributed by atoms with Crippen LogP contribution in [-0.4, -0.2) is 18.6 Å². The number of aryl methyl sites for hydroxylation is 1. The molecule has 0 saturated carbocycles. The highest BCUT2D eigenvalue weighted by molar-refractivity contribution is 5.99. The molecule has 2 aromatic carbocycles. The molecule has 3 rings (SSSR count). The van der Waals surface area contributed by atoms with Crippen molar-refractivity contribution in [3.63, 3.8) is 0 Å². The van der Waals surface area contributed by atoms with Crippen molar-refractivity contribution in [1.82, 2.24) is 5.32 Å². The Kier molecular flexibility index (Phi) is 3.52. The SMILES string of the molecule is Cc1ccc(N2CNC(Cc3ccccc3)C2=O)cc1. The van der Waals surface area contributed by atoms with Crippen LogP contribution in [0, 0.1) is 6.92 Å². The molecule has 0 aromatic heterocycles. The maximum absolute atomic E-state index is 12.5. The second-order valence-corrected chi connectivity index (χ2v) is 5.21. The molecule has 1 fully saturated rings. The molecule has 1 N–H and O–H groups in total. The molecule has 0 bridgehead atoms. The summed E-state index contributed by atoms with van der Waals surface area (Å²) in [5.41, 5.74) is 3.35. The summed E-state index contributed by atoms with van der Waals surface area (Å²) in [4.78, 5) is 14.3. The van der Waals surface area contributed by atoms with E-state index in [0.29, 0.717) is 6.67 Å². The number of carbonyl (C=O) groups is 1. The van der Waals surface area contributed by atoms with Gasteiger partial charge in [0.2, 0.25) is 5.91 Å². The van der Waals surface area contributed by atoms with Crippen LogP contribution in [0.2, 0.25) is 0 Å². The first-order valence-electron chi connectivity index (χ1n) is 6.89. The Labute approximate surface area is 119 Å². The predicted octanol–water partition coefficient (Wildman–Crippen LogP) is 2.50. The molecular formula is C17H18N2O. The van der Waals surface area contributed by atoms with Crippen molar-refractivity contribution in [2.24, 2.45) is 0 Å². The average molecular weight is 266 g/mol. The third kappa shape index (κ3) is 2.58. The van der Waals surface area contributed by atoms with Crippen molar-refractivity contribution in [3.8, 4) is 0 Å². The number of nitrogens with zero attached hydrogens (tertiary/aromatic N) is 1. The summed E-state index contributed by atoms with van der Waals surface area (Å²) in [7, 11) is 0. The fraction of sp³-hybridized carbons (Fsp3) is 0.235.